The van der Waals surface area contributed by atoms with E-state index in [4.69, 9.17) is 30.0 Å². The van der Waals surface area contributed by atoms with Gasteiger partial charge in [-0.1, -0.05) is 30.3 Å². The Morgan fingerprint density at radius 3 is 1.81 bits per heavy atom. The summed E-state index contributed by atoms with van der Waals surface area (Å²) in [6.07, 6.45) is 0. The fourth-order valence-electron chi connectivity index (χ4n) is 1.21. The van der Waals surface area contributed by atoms with Crippen LogP contribution in [-0.4, -0.2) is 52.1 Å². The van der Waals surface area contributed by atoms with E-state index in [2.05, 4.69) is 5.32 Å². The molecule has 0 aliphatic carbocycles. The number of carbonyl (C=O) groups is 2. The van der Waals surface area contributed by atoms with Crippen LogP contribution in [0.15, 0.2) is 30.3 Å². The maximum absolute atomic E-state index is 9.06. The van der Waals surface area contributed by atoms with Gasteiger partial charge in [-0.15, -0.1) is 0 Å². The van der Waals surface area contributed by atoms with E-state index in [1.807, 2.05) is 30.3 Å². The van der Waals surface area contributed by atoms with Gasteiger partial charge in [0.25, 0.3) is 11.9 Å². The van der Waals surface area contributed by atoms with Crippen molar-refractivity contribution in [3.05, 3.63) is 35.9 Å². The quantitative estimate of drug-likeness (QED) is 0.535. The lowest BCUT2D eigenvalue weighted by atomic mass is 10.1. The number of benzene rings is 1. The van der Waals surface area contributed by atoms with Crippen LogP contribution in [0.3, 0.4) is 0 Å². The SMILES string of the molecule is CC(=O)O.CC(=O)O.OCCNC(CO)c1ccccc1. The van der Waals surface area contributed by atoms with Gasteiger partial charge in [0.05, 0.1) is 19.3 Å². The van der Waals surface area contributed by atoms with E-state index in [0.717, 1.165) is 19.4 Å². The lowest BCUT2D eigenvalue weighted by Crippen LogP contribution is -2.26. The van der Waals surface area contributed by atoms with Crippen LogP contribution in [-0.2, 0) is 9.59 Å². The molecular weight excluding hydrogens is 278 g/mol. The number of aliphatic hydroxyl groups is 2. The number of hydrogen-bond donors (Lipinski definition) is 5. The zero-order valence-corrected chi connectivity index (χ0v) is 12.2. The van der Waals surface area contributed by atoms with Gasteiger partial charge in [-0.2, -0.15) is 0 Å². The van der Waals surface area contributed by atoms with Crippen molar-refractivity contribution in [1.29, 1.82) is 0 Å². The van der Waals surface area contributed by atoms with Crippen LogP contribution in [0.5, 0.6) is 0 Å². The summed E-state index contributed by atoms with van der Waals surface area (Å²) < 4.78 is 0. The minimum atomic E-state index is -0.833. The molecule has 0 saturated carbocycles. The van der Waals surface area contributed by atoms with Crippen molar-refractivity contribution in [3.8, 4) is 0 Å². The first kappa shape index (κ1) is 21.3. The van der Waals surface area contributed by atoms with Crippen LogP contribution in [0.4, 0.5) is 0 Å². The number of aliphatic hydroxyl groups excluding tert-OH is 2. The largest absolute Gasteiger partial charge is 0.481 e. The molecule has 1 atom stereocenters. The first-order valence-electron chi connectivity index (χ1n) is 6.24. The molecule has 1 rings (SSSR count). The molecule has 0 saturated heterocycles. The number of rotatable bonds is 5. The van der Waals surface area contributed by atoms with Crippen molar-refractivity contribution in [2.75, 3.05) is 19.8 Å². The molecule has 0 aromatic heterocycles. The number of carboxylic acids is 2. The highest BCUT2D eigenvalue weighted by atomic mass is 16.4. The summed E-state index contributed by atoms with van der Waals surface area (Å²) in [5.41, 5.74) is 1.04. The molecule has 7 nitrogen and oxygen atoms in total. The van der Waals surface area contributed by atoms with Gasteiger partial charge in [0.2, 0.25) is 0 Å². The van der Waals surface area contributed by atoms with Crippen LogP contribution < -0.4 is 5.32 Å². The van der Waals surface area contributed by atoms with Crippen LogP contribution in [0.25, 0.3) is 0 Å². The summed E-state index contributed by atoms with van der Waals surface area (Å²) in [7, 11) is 0. The highest BCUT2D eigenvalue weighted by Crippen LogP contribution is 2.10. The second-order valence-electron chi connectivity index (χ2n) is 3.86. The molecule has 1 aromatic carbocycles. The third-order valence-electron chi connectivity index (χ3n) is 1.89. The van der Waals surface area contributed by atoms with E-state index < -0.39 is 11.9 Å². The van der Waals surface area contributed by atoms with Crippen molar-refractivity contribution >= 4 is 11.9 Å². The second-order valence-corrected chi connectivity index (χ2v) is 3.86. The van der Waals surface area contributed by atoms with E-state index >= 15 is 0 Å². The highest BCUT2D eigenvalue weighted by Gasteiger charge is 2.07. The Morgan fingerprint density at radius 1 is 1.05 bits per heavy atom. The molecular formula is C14H23NO6. The van der Waals surface area contributed by atoms with Gasteiger partial charge >= 0.3 is 0 Å². The number of nitrogens with one attached hydrogen (secondary N) is 1. The topological polar surface area (TPSA) is 127 Å². The molecule has 0 spiro atoms. The maximum Gasteiger partial charge on any atom is 0.300 e. The van der Waals surface area contributed by atoms with Crippen molar-refractivity contribution in [2.45, 2.75) is 19.9 Å². The van der Waals surface area contributed by atoms with E-state index in [1.165, 1.54) is 0 Å². The first-order valence-corrected chi connectivity index (χ1v) is 6.24. The van der Waals surface area contributed by atoms with Crippen molar-refractivity contribution in [1.82, 2.24) is 5.32 Å². The Morgan fingerprint density at radius 2 is 1.48 bits per heavy atom. The standard InChI is InChI=1S/C10H15NO2.2C2H4O2/c12-7-6-11-10(8-13)9-4-2-1-3-5-9;2*1-2(3)4/h1-5,10-13H,6-8H2;2*1H3,(H,3,4). The lowest BCUT2D eigenvalue weighted by molar-refractivity contribution is -0.135. The lowest BCUT2D eigenvalue weighted by Gasteiger charge is -2.15. The average molecular weight is 301 g/mol. The third kappa shape index (κ3) is 18.0. The molecule has 1 unspecified atom stereocenters. The van der Waals surface area contributed by atoms with Gasteiger partial charge in [0.1, 0.15) is 0 Å². The first-order chi connectivity index (χ1) is 9.84. The Bertz CT molecular complexity index is 362. The van der Waals surface area contributed by atoms with Gasteiger partial charge in [0.15, 0.2) is 0 Å². The predicted octanol–water partition coefficient (Wildman–Crippen LogP) is 0.484. The van der Waals surface area contributed by atoms with E-state index in [0.29, 0.717) is 6.54 Å². The van der Waals surface area contributed by atoms with E-state index in [9.17, 15) is 0 Å². The number of hydrogen-bond acceptors (Lipinski definition) is 5. The molecule has 0 amide bonds. The van der Waals surface area contributed by atoms with Gasteiger partial charge in [-0.25, -0.2) is 0 Å². The molecule has 0 fully saturated rings. The summed E-state index contributed by atoms with van der Waals surface area (Å²) in [6, 6.07) is 9.62. The summed E-state index contributed by atoms with van der Waals surface area (Å²) >= 11 is 0. The fourth-order valence-corrected chi connectivity index (χ4v) is 1.21. The maximum atomic E-state index is 9.06. The van der Waals surface area contributed by atoms with Crippen molar-refractivity contribution < 1.29 is 30.0 Å². The van der Waals surface area contributed by atoms with Gasteiger partial charge < -0.3 is 25.7 Å². The van der Waals surface area contributed by atoms with Crippen molar-refractivity contribution in [2.24, 2.45) is 0 Å². The molecule has 120 valence electrons. The van der Waals surface area contributed by atoms with Crippen LogP contribution in [0.1, 0.15) is 25.5 Å². The molecule has 0 aliphatic heterocycles. The zero-order chi connectivity index (χ0) is 16.7. The summed E-state index contributed by atoms with van der Waals surface area (Å²) in [4.78, 5) is 18.0. The Kier molecular flexibility index (Phi) is 14.7. The Balaban J connectivity index is 0. The molecule has 0 aliphatic rings. The second kappa shape index (κ2) is 14.4. The third-order valence-corrected chi connectivity index (χ3v) is 1.89. The molecule has 0 heterocycles. The molecule has 0 bridgehead atoms. The molecule has 0 radical (unpaired) electrons. The molecule has 21 heavy (non-hydrogen) atoms. The monoisotopic (exact) mass is 301 g/mol. The van der Waals surface area contributed by atoms with Gasteiger partial charge in [-0.05, 0) is 5.56 Å². The minimum absolute atomic E-state index is 0.0456. The predicted molar refractivity (Wildman–Crippen MR) is 78.0 cm³/mol. The summed E-state index contributed by atoms with van der Waals surface area (Å²) in [6.45, 7) is 2.80. The summed E-state index contributed by atoms with van der Waals surface area (Å²) in [5, 5.41) is 35.5. The van der Waals surface area contributed by atoms with Gasteiger partial charge in [0, 0.05) is 20.4 Å². The Labute approximate surface area is 123 Å². The van der Waals surface area contributed by atoms with E-state index in [1.54, 1.807) is 0 Å². The molecule has 1 aromatic rings. The van der Waals surface area contributed by atoms with Gasteiger partial charge in [-0.3, -0.25) is 9.59 Å². The van der Waals surface area contributed by atoms with Crippen molar-refractivity contribution in [3.63, 3.8) is 0 Å². The van der Waals surface area contributed by atoms with Crippen LogP contribution in [0.2, 0.25) is 0 Å². The van der Waals surface area contributed by atoms with Crippen LogP contribution >= 0.6 is 0 Å². The van der Waals surface area contributed by atoms with Crippen LogP contribution in [0, 0.1) is 0 Å². The average Bonchev–Trinajstić information content (AvgIpc) is 2.39. The molecule has 7 heteroatoms. The smallest absolute Gasteiger partial charge is 0.300 e. The minimum Gasteiger partial charge on any atom is -0.481 e. The molecule has 5 N–H and O–H groups in total. The van der Waals surface area contributed by atoms with E-state index in [-0.39, 0.29) is 19.3 Å². The number of carboxylic acid groups (broad SMARTS) is 2. The fraction of sp³-hybridized carbons (Fsp3) is 0.429. The Hall–Kier alpha value is -1.96. The zero-order valence-electron chi connectivity index (χ0n) is 12.2. The summed E-state index contributed by atoms with van der Waals surface area (Å²) in [5.74, 6) is -1.67. The normalized spacial score (nSPS) is 10.3. The number of aliphatic carboxylic acids is 2. The highest BCUT2D eigenvalue weighted by molar-refractivity contribution is 5.63.